The van der Waals surface area contributed by atoms with Gasteiger partial charge in [-0.3, -0.25) is 4.79 Å². The van der Waals surface area contributed by atoms with E-state index in [1.807, 2.05) is 42.5 Å². The molecule has 2 N–H and O–H groups in total. The Hall–Kier alpha value is -1.85. The van der Waals surface area contributed by atoms with E-state index in [0.29, 0.717) is 5.75 Å². The van der Waals surface area contributed by atoms with Crippen LogP contribution in [0.4, 0.5) is 5.69 Å². The third-order valence-electron chi connectivity index (χ3n) is 3.19. The van der Waals surface area contributed by atoms with Gasteiger partial charge in [-0.25, -0.2) is 0 Å². The van der Waals surface area contributed by atoms with Crippen LogP contribution in [0.25, 0.3) is 0 Å². The molecular weight excluding hydrogens is 320 g/mol. The molecule has 5 heteroatoms. The molecule has 1 atom stereocenters. The first-order chi connectivity index (χ1) is 9.67. The normalized spacial score (nSPS) is 16.7. The summed E-state index contributed by atoms with van der Waals surface area (Å²) < 4.78 is 6.77. The molecule has 0 radical (unpaired) electrons. The number of halogens is 1. The number of ether oxygens (including phenoxy) is 1. The minimum absolute atomic E-state index is 0.0386. The molecule has 0 aromatic heterocycles. The van der Waals surface area contributed by atoms with Crippen LogP contribution >= 0.6 is 15.9 Å². The first-order valence-corrected chi connectivity index (χ1v) is 7.02. The molecule has 1 aliphatic rings. The number of amides is 1. The number of hydrogen-bond donors (Lipinski definition) is 2. The fraction of sp³-hybridized carbons (Fsp3) is 0.133. The summed E-state index contributed by atoms with van der Waals surface area (Å²) in [6.45, 7) is 0. The minimum Gasteiger partial charge on any atom is -0.457 e. The molecule has 0 saturated heterocycles. The van der Waals surface area contributed by atoms with Crippen LogP contribution in [-0.4, -0.2) is 13.0 Å². The summed E-state index contributed by atoms with van der Waals surface area (Å²) in [7, 11) is 1.77. The highest BCUT2D eigenvalue weighted by Crippen LogP contribution is 2.35. The van der Waals surface area contributed by atoms with E-state index >= 15 is 0 Å². The molecule has 2 aromatic rings. The molecule has 0 spiro atoms. The Morgan fingerprint density at radius 1 is 1.15 bits per heavy atom. The van der Waals surface area contributed by atoms with Gasteiger partial charge < -0.3 is 15.4 Å². The number of rotatable bonds is 3. The van der Waals surface area contributed by atoms with Crippen molar-refractivity contribution in [3.8, 4) is 11.5 Å². The third kappa shape index (κ3) is 2.42. The van der Waals surface area contributed by atoms with Crippen molar-refractivity contribution in [2.45, 2.75) is 6.04 Å². The second-order valence-electron chi connectivity index (χ2n) is 4.52. The molecular formula is C15H13BrN2O2. The molecule has 1 heterocycles. The van der Waals surface area contributed by atoms with Crippen molar-refractivity contribution in [1.29, 1.82) is 0 Å². The second kappa shape index (κ2) is 5.26. The summed E-state index contributed by atoms with van der Waals surface area (Å²) in [6.07, 6.45) is 0. The minimum atomic E-state index is -0.285. The zero-order valence-corrected chi connectivity index (χ0v) is 12.4. The molecule has 1 amide bonds. The van der Waals surface area contributed by atoms with E-state index in [1.165, 1.54) is 0 Å². The van der Waals surface area contributed by atoms with Crippen LogP contribution < -0.4 is 15.4 Å². The highest BCUT2D eigenvalue weighted by Gasteiger charge is 2.29. The summed E-state index contributed by atoms with van der Waals surface area (Å²) in [4.78, 5) is 11.7. The standard InChI is InChI=1S/C15H13BrN2O2/c1-17-14-12-7-6-11(8-13(12)18-15(14)19)20-10-4-2-9(16)3-5-10/h2-8,14,17H,1H3,(H,18,19). The smallest absolute Gasteiger partial charge is 0.246 e. The molecule has 0 saturated carbocycles. The maximum atomic E-state index is 11.7. The molecule has 3 rings (SSSR count). The van der Waals surface area contributed by atoms with E-state index in [-0.39, 0.29) is 11.9 Å². The summed E-state index contributed by atoms with van der Waals surface area (Å²) >= 11 is 3.38. The van der Waals surface area contributed by atoms with Gasteiger partial charge in [-0.05, 0) is 37.4 Å². The van der Waals surface area contributed by atoms with Gasteiger partial charge in [0.2, 0.25) is 5.91 Å². The van der Waals surface area contributed by atoms with Crippen LogP contribution in [0.5, 0.6) is 11.5 Å². The highest BCUT2D eigenvalue weighted by atomic mass is 79.9. The molecule has 20 heavy (non-hydrogen) atoms. The van der Waals surface area contributed by atoms with Gasteiger partial charge in [-0.15, -0.1) is 0 Å². The van der Waals surface area contributed by atoms with Crippen molar-refractivity contribution in [2.24, 2.45) is 0 Å². The van der Waals surface area contributed by atoms with Gasteiger partial charge in [-0.2, -0.15) is 0 Å². The molecule has 1 unspecified atom stereocenters. The lowest BCUT2D eigenvalue weighted by molar-refractivity contribution is -0.117. The van der Waals surface area contributed by atoms with Crippen molar-refractivity contribution in [3.63, 3.8) is 0 Å². The number of carbonyl (C=O) groups excluding carboxylic acids is 1. The van der Waals surface area contributed by atoms with E-state index in [1.54, 1.807) is 7.05 Å². The third-order valence-corrected chi connectivity index (χ3v) is 3.72. The Morgan fingerprint density at radius 2 is 1.85 bits per heavy atom. The Morgan fingerprint density at radius 3 is 2.55 bits per heavy atom. The summed E-state index contributed by atoms with van der Waals surface area (Å²) in [5.41, 5.74) is 1.74. The Kier molecular flexibility index (Phi) is 3.46. The Labute approximate surface area is 125 Å². The Balaban J connectivity index is 1.85. The maximum absolute atomic E-state index is 11.7. The lowest BCUT2D eigenvalue weighted by atomic mass is 10.1. The van der Waals surface area contributed by atoms with E-state index in [9.17, 15) is 4.79 Å². The fourth-order valence-corrected chi connectivity index (χ4v) is 2.49. The molecule has 2 aromatic carbocycles. The number of carbonyl (C=O) groups is 1. The quantitative estimate of drug-likeness (QED) is 0.905. The van der Waals surface area contributed by atoms with Gasteiger partial charge in [0.25, 0.3) is 0 Å². The van der Waals surface area contributed by atoms with Crippen LogP contribution in [0.15, 0.2) is 46.9 Å². The number of benzene rings is 2. The van der Waals surface area contributed by atoms with Crippen LogP contribution in [0.3, 0.4) is 0 Å². The zero-order chi connectivity index (χ0) is 14.1. The van der Waals surface area contributed by atoms with Gasteiger partial charge in [-0.1, -0.05) is 22.0 Å². The van der Waals surface area contributed by atoms with Crippen LogP contribution in [0.2, 0.25) is 0 Å². The lowest BCUT2D eigenvalue weighted by Crippen LogP contribution is -2.23. The van der Waals surface area contributed by atoms with Crippen LogP contribution in [-0.2, 0) is 4.79 Å². The van der Waals surface area contributed by atoms with E-state index in [0.717, 1.165) is 21.5 Å². The van der Waals surface area contributed by atoms with Gasteiger partial charge in [0.05, 0.1) is 0 Å². The molecule has 0 bridgehead atoms. The van der Waals surface area contributed by atoms with Crippen molar-refractivity contribution in [3.05, 3.63) is 52.5 Å². The van der Waals surface area contributed by atoms with Gasteiger partial charge in [0.1, 0.15) is 17.5 Å². The fourth-order valence-electron chi connectivity index (χ4n) is 2.23. The predicted molar refractivity (Wildman–Crippen MR) is 81.1 cm³/mol. The van der Waals surface area contributed by atoms with Crippen LogP contribution in [0.1, 0.15) is 11.6 Å². The summed E-state index contributed by atoms with van der Waals surface area (Å²) in [5, 5.41) is 5.83. The van der Waals surface area contributed by atoms with Crippen molar-refractivity contribution >= 4 is 27.5 Å². The van der Waals surface area contributed by atoms with Crippen molar-refractivity contribution in [2.75, 3.05) is 12.4 Å². The highest BCUT2D eigenvalue weighted by molar-refractivity contribution is 9.10. The first kappa shape index (κ1) is 13.1. The molecule has 102 valence electrons. The molecule has 1 aliphatic heterocycles. The average molecular weight is 333 g/mol. The predicted octanol–water partition coefficient (Wildman–Crippen LogP) is 3.45. The number of anilines is 1. The first-order valence-electron chi connectivity index (χ1n) is 6.23. The van der Waals surface area contributed by atoms with Crippen molar-refractivity contribution in [1.82, 2.24) is 5.32 Å². The average Bonchev–Trinajstić information content (AvgIpc) is 2.76. The number of likely N-dealkylation sites (N-methyl/N-ethyl adjacent to an activating group) is 1. The van der Waals surface area contributed by atoms with Gasteiger partial charge in [0, 0.05) is 21.8 Å². The van der Waals surface area contributed by atoms with E-state index in [4.69, 9.17) is 4.74 Å². The number of fused-ring (bicyclic) bond motifs is 1. The Bertz CT molecular complexity index is 655. The van der Waals surface area contributed by atoms with Crippen LogP contribution in [0, 0.1) is 0 Å². The van der Waals surface area contributed by atoms with Gasteiger partial charge in [0.15, 0.2) is 0 Å². The van der Waals surface area contributed by atoms with E-state index < -0.39 is 0 Å². The maximum Gasteiger partial charge on any atom is 0.246 e. The van der Waals surface area contributed by atoms with Gasteiger partial charge >= 0.3 is 0 Å². The second-order valence-corrected chi connectivity index (χ2v) is 5.43. The number of nitrogens with one attached hydrogen (secondary N) is 2. The topological polar surface area (TPSA) is 50.4 Å². The molecule has 4 nitrogen and oxygen atoms in total. The van der Waals surface area contributed by atoms with E-state index in [2.05, 4.69) is 26.6 Å². The largest absolute Gasteiger partial charge is 0.457 e. The van der Waals surface area contributed by atoms with Crippen molar-refractivity contribution < 1.29 is 9.53 Å². The summed E-state index contributed by atoms with van der Waals surface area (Å²) in [6, 6.07) is 12.9. The summed E-state index contributed by atoms with van der Waals surface area (Å²) in [5.74, 6) is 1.41. The molecule has 0 aliphatic carbocycles. The number of hydrogen-bond acceptors (Lipinski definition) is 3. The molecule has 0 fully saturated rings. The monoisotopic (exact) mass is 332 g/mol. The zero-order valence-electron chi connectivity index (χ0n) is 10.8. The SMILES string of the molecule is CNC1C(=O)Nc2cc(Oc3ccc(Br)cc3)ccc21. The lowest BCUT2D eigenvalue weighted by Gasteiger charge is -2.09.